The molecule has 29 heavy (non-hydrogen) atoms. The van der Waals surface area contributed by atoms with Gasteiger partial charge in [0, 0.05) is 25.2 Å². The largest absolute Gasteiger partial charge is 0.341 e. The van der Waals surface area contributed by atoms with E-state index in [-0.39, 0.29) is 5.69 Å². The molecule has 1 aliphatic carbocycles. The number of anilines is 2. The fourth-order valence-electron chi connectivity index (χ4n) is 3.47. The first-order valence-corrected chi connectivity index (χ1v) is 10.9. The van der Waals surface area contributed by atoms with Crippen molar-refractivity contribution in [3.8, 4) is 0 Å². The van der Waals surface area contributed by atoms with Gasteiger partial charge in [-0.1, -0.05) is 18.7 Å². The Kier molecular flexibility index (Phi) is 5.76. The standard InChI is InChI=1S/C20H25F2N5OS/c1-12-7-9-26(10-8-12)19-24-25-20(27(19)15-4-5-15)29-13(2)18(28)23-17-11-14(21)3-6-16(17)22/h3,6,11-13,15H,4-5,7-10H2,1-2H3,(H,23,28). The Morgan fingerprint density at radius 2 is 1.93 bits per heavy atom. The first kappa shape index (κ1) is 20.1. The molecule has 1 N–H and O–H groups in total. The van der Waals surface area contributed by atoms with Gasteiger partial charge in [0.05, 0.1) is 10.9 Å². The number of carbonyl (C=O) groups is 1. The highest BCUT2D eigenvalue weighted by molar-refractivity contribution is 8.00. The lowest BCUT2D eigenvalue weighted by molar-refractivity contribution is -0.115. The minimum absolute atomic E-state index is 0.158. The zero-order valence-electron chi connectivity index (χ0n) is 16.6. The topological polar surface area (TPSA) is 63.1 Å². The Morgan fingerprint density at radius 1 is 1.21 bits per heavy atom. The highest BCUT2D eigenvalue weighted by Gasteiger charge is 2.33. The maximum atomic E-state index is 13.8. The van der Waals surface area contributed by atoms with Gasteiger partial charge in [0.25, 0.3) is 0 Å². The number of piperidine rings is 1. The fourth-order valence-corrected chi connectivity index (χ4v) is 4.38. The van der Waals surface area contributed by atoms with Gasteiger partial charge < -0.3 is 10.2 Å². The van der Waals surface area contributed by atoms with Crippen LogP contribution in [-0.4, -0.2) is 39.0 Å². The van der Waals surface area contributed by atoms with Crippen LogP contribution in [0.5, 0.6) is 0 Å². The first-order chi connectivity index (χ1) is 13.9. The van der Waals surface area contributed by atoms with E-state index >= 15 is 0 Å². The van der Waals surface area contributed by atoms with E-state index in [1.54, 1.807) is 6.92 Å². The van der Waals surface area contributed by atoms with Gasteiger partial charge in [0.1, 0.15) is 11.6 Å². The first-order valence-electron chi connectivity index (χ1n) is 10.0. The van der Waals surface area contributed by atoms with Gasteiger partial charge in [-0.3, -0.25) is 9.36 Å². The summed E-state index contributed by atoms with van der Waals surface area (Å²) in [7, 11) is 0. The molecule has 2 aromatic rings. The van der Waals surface area contributed by atoms with Gasteiger partial charge in [-0.25, -0.2) is 8.78 Å². The Morgan fingerprint density at radius 3 is 2.62 bits per heavy atom. The highest BCUT2D eigenvalue weighted by Crippen LogP contribution is 2.42. The van der Waals surface area contributed by atoms with E-state index in [0.29, 0.717) is 11.2 Å². The monoisotopic (exact) mass is 421 g/mol. The lowest BCUT2D eigenvalue weighted by Gasteiger charge is -2.31. The molecule has 156 valence electrons. The van der Waals surface area contributed by atoms with E-state index in [4.69, 9.17) is 0 Å². The van der Waals surface area contributed by atoms with E-state index in [1.165, 1.54) is 11.8 Å². The van der Waals surface area contributed by atoms with Gasteiger partial charge >= 0.3 is 0 Å². The van der Waals surface area contributed by atoms with Crippen molar-refractivity contribution in [3.05, 3.63) is 29.8 Å². The van der Waals surface area contributed by atoms with Crippen LogP contribution >= 0.6 is 11.8 Å². The van der Waals surface area contributed by atoms with Crippen LogP contribution in [0.4, 0.5) is 20.4 Å². The lowest BCUT2D eigenvalue weighted by Crippen LogP contribution is -2.34. The summed E-state index contributed by atoms with van der Waals surface area (Å²) in [6.45, 7) is 5.93. The second-order valence-electron chi connectivity index (χ2n) is 7.93. The maximum Gasteiger partial charge on any atom is 0.237 e. The molecule has 1 amide bonds. The smallest absolute Gasteiger partial charge is 0.237 e. The number of aromatic nitrogens is 3. The molecule has 6 nitrogen and oxygen atoms in total. The van der Waals surface area contributed by atoms with Gasteiger partial charge in [-0.05, 0) is 50.7 Å². The highest BCUT2D eigenvalue weighted by atomic mass is 32.2. The molecular formula is C20H25F2N5OS. The average Bonchev–Trinajstić information content (AvgIpc) is 3.45. The van der Waals surface area contributed by atoms with E-state index in [0.717, 1.165) is 68.8 Å². The van der Waals surface area contributed by atoms with Gasteiger partial charge in [0.15, 0.2) is 5.16 Å². The summed E-state index contributed by atoms with van der Waals surface area (Å²) in [4.78, 5) is 14.8. The molecule has 1 aromatic carbocycles. The number of nitrogens with one attached hydrogen (secondary N) is 1. The lowest BCUT2D eigenvalue weighted by atomic mass is 10.00. The van der Waals surface area contributed by atoms with Crippen LogP contribution < -0.4 is 10.2 Å². The molecule has 1 atom stereocenters. The maximum absolute atomic E-state index is 13.8. The number of nitrogens with zero attached hydrogens (tertiary/aromatic N) is 4. The van der Waals surface area contributed by atoms with Crippen LogP contribution in [-0.2, 0) is 4.79 Å². The molecule has 9 heteroatoms. The fraction of sp³-hybridized carbons (Fsp3) is 0.550. The van der Waals surface area contributed by atoms with Crippen molar-refractivity contribution in [2.45, 2.75) is 56.0 Å². The van der Waals surface area contributed by atoms with Crippen molar-refractivity contribution in [2.75, 3.05) is 23.3 Å². The van der Waals surface area contributed by atoms with Gasteiger partial charge in [-0.2, -0.15) is 0 Å². The molecule has 1 aromatic heterocycles. The van der Waals surface area contributed by atoms with E-state index < -0.39 is 22.8 Å². The Labute approximate surface area is 173 Å². The predicted molar refractivity (Wildman–Crippen MR) is 109 cm³/mol. The van der Waals surface area contributed by atoms with Crippen LogP contribution in [0.3, 0.4) is 0 Å². The Balaban J connectivity index is 1.47. The molecule has 0 radical (unpaired) electrons. The van der Waals surface area contributed by atoms with Crippen molar-refractivity contribution in [3.63, 3.8) is 0 Å². The van der Waals surface area contributed by atoms with Crippen LogP contribution in [0.1, 0.15) is 45.6 Å². The molecule has 4 rings (SSSR count). The minimum Gasteiger partial charge on any atom is -0.341 e. The molecule has 2 heterocycles. The number of carbonyl (C=O) groups excluding carboxylic acids is 1. The van der Waals surface area contributed by atoms with E-state index in [9.17, 15) is 13.6 Å². The molecule has 2 aliphatic rings. The predicted octanol–water partition coefficient (Wildman–Crippen LogP) is 4.25. The molecule has 0 bridgehead atoms. The summed E-state index contributed by atoms with van der Waals surface area (Å²) < 4.78 is 29.3. The van der Waals surface area contributed by atoms with E-state index in [2.05, 4.69) is 31.9 Å². The van der Waals surface area contributed by atoms with Crippen LogP contribution in [0.15, 0.2) is 23.4 Å². The van der Waals surface area contributed by atoms with Crippen molar-refractivity contribution >= 4 is 29.3 Å². The van der Waals surface area contributed by atoms with E-state index in [1.807, 2.05) is 0 Å². The summed E-state index contributed by atoms with van der Waals surface area (Å²) in [5.74, 6) is -0.0658. The second kappa shape index (κ2) is 8.30. The molecule has 1 saturated heterocycles. The average molecular weight is 422 g/mol. The molecule has 0 spiro atoms. The number of benzene rings is 1. The summed E-state index contributed by atoms with van der Waals surface area (Å²) in [5.41, 5.74) is -0.158. The second-order valence-corrected chi connectivity index (χ2v) is 9.23. The zero-order valence-corrected chi connectivity index (χ0v) is 17.4. The quantitative estimate of drug-likeness (QED) is 0.707. The van der Waals surface area contributed by atoms with Gasteiger partial charge in [-0.15, -0.1) is 10.2 Å². The summed E-state index contributed by atoms with van der Waals surface area (Å²) in [5, 5.41) is 11.4. The molecule has 1 unspecified atom stereocenters. The molecule has 1 saturated carbocycles. The van der Waals surface area contributed by atoms with Crippen LogP contribution in [0.2, 0.25) is 0 Å². The number of hydrogen-bond acceptors (Lipinski definition) is 5. The third-order valence-electron chi connectivity index (χ3n) is 5.46. The minimum atomic E-state index is -0.667. The van der Waals surface area contributed by atoms with Crippen molar-refractivity contribution in [1.29, 1.82) is 0 Å². The number of thioether (sulfide) groups is 1. The third kappa shape index (κ3) is 4.55. The van der Waals surface area contributed by atoms with Crippen LogP contribution in [0.25, 0.3) is 0 Å². The number of hydrogen-bond donors (Lipinski definition) is 1. The number of rotatable bonds is 6. The normalized spacial score (nSPS) is 18.7. The van der Waals surface area contributed by atoms with Gasteiger partial charge in [0.2, 0.25) is 11.9 Å². The zero-order chi connectivity index (χ0) is 20.5. The molecular weight excluding hydrogens is 396 g/mol. The summed E-state index contributed by atoms with van der Waals surface area (Å²) >= 11 is 1.30. The number of amides is 1. The van der Waals surface area contributed by atoms with Crippen molar-refractivity contribution in [2.24, 2.45) is 5.92 Å². The Hall–Kier alpha value is -2.16. The summed E-state index contributed by atoms with van der Waals surface area (Å²) in [6, 6.07) is 3.37. The Bertz CT molecular complexity index is 893. The third-order valence-corrected chi connectivity index (χ3v) is 6.52. The molecule has 2 fully saturated rings. The molecule has 1 aliphatic heterocycles. The summed E-state index contributed by atoms with van der Waals surface area (Å²) in [6.07, 6.45) is 4.44. The van der Waals surface area contributed by atoms with Crippen molar-refractivity contribution in [1.82, 2.24) is 14.8 Å². The SMILES string of the molecule is CC1CCN(c2nnc(SC(C)C(=O)Nc3cc(F)ccc3F)n2C2CC2)CC1. The number of halogens is 2. The van der Waals surface area contributed by atoms with Crippen LogP contribution in [0, 0.1) is 17.6 Å². The van der Waals surface area contributed by atoms with Crippen molar-refractivity contribution < 1.29 is 13.6 Å².